The number of likely N-dealkylation sites (N-methyl/N-ethyl adjacent to an activating group) is 1. The quantitative estimate of drug-likeness (QED) is 0.665. The first-order chi connectivity index (χ1) is 11.1. The Kier molecular flexibility index (Phi) is 3.84. The van der Waals surface area contributed by atoms with Crippen molar-refractivity contribution in [2.75, 3.05) is 38.1 Å². The van der Waals surface area contributed by atoms with Gasteiger partial charge < -0.3 is 14.2 Å². The maximum absolute atomic E-state index is 6.19. The van der Waals surface area contributed by atoms with E-state index in [0.717, 1.165) is 55.0 Å². The summed E-state index contributed by atoms with van der Waals surface area (Å²) in [5.74, 6) is 1.02. The summed E-state index contributed by atoms with van der Waals surface area (Å²) in [6.07, 6.45) is 3.20. The van der Waals surface area contributed by atoms with Crippen LogP contribution in [0, 0.1) is 0 Å². The highest BCUT2D eigenvalue weighted by Gasteiger charge is 2.18. The topological polar surface area (TPSA) is 23.8 Å². The first-order valence-corrected chi connectivity index (χ1v) is 8.58. The van der Waals surface area contributed by atoms with Gasteiger partial charge >= 0.3 is 0 Å². The predicted molar refractivity (Wildman–Crippen MR) is 97.0 cm³/mol. The van der Waals surface area contributed by atoms with E-state index in [4.69, 9.17) is 28.2 Å². The maximum Gasteiger partial charge on any atom is 0.153 e. The Morgan fingerprint density at radius 3 is 2.70 bits per heavy atom. The van der Waals surface area contributed by atoms with Gasteiger partial charge in [0.1, 0.15) is 0 Å². The highest BCUT2D eigenvalue weighted by Crippen LogP contribution is 2.31. The van der Waals surface area contributed by atoms with Crippen LogP contribution in [0.3, 0.4) is 0 Å². The number of rotatable bonds is 1. The Bertz CT molecular complexity index is 874. The molecule has 1 aromatic carbocycles. The van der Waals surface area contributed by atoms with Crippen LogP contribution in [0.25, 0.3) is 16.6 Å². The predicted octanol–water partition coefficient (Wildman–Crippen LogP) is 3.94. The molecular formula is C17H18Cl2N4. The number of nitrogens with zero attached hydrogens (tertiary/aromatic N) is 4. The van der Waals surface area contributed by atoms with E-state index >= 15 is 0 Å². The second-order valence-corrected chi connectivity index (χ2v) is 6.91. The average molecular weight is 349 g/mol. The zero-order chi connectivity index (χ0) is 16.0. The molecule has 3 aromatic rings. The van der Waals surface area contributed by atoms with Gasteiger partial charge in [-0.1, -0.05) is 23.2 Å². The van der Waals surface area contributed by atoms with Crippen LogP contribution in [0.5, 0.6) is 0 Å². The monoisotopic (exact) mass is 348 g/mol. The van der Waals surface area contributed by atoms with Gasteiger partial charge in [0.25, 0.3) is 0 Å². The Morgan fingerprint density at radius 2 is 1.83 bits per heavy atom. The van der Waals surface area contributed by atoms with E-state index in [1.165, 1.54) is 0 Å². The van der Waals surface area contributed by atoms with Gasteiger partial charge in [-0.15, -0.1) is 0 Å². The molecule has 4 nitrogen and oxygen atoms in total. The molecule has 0 radical (unpaired) electrons. The van der Waals surface area contributed by atoms with E-state index in [9.17, 15) is 0 Å². The molecular weight excluding hydrogens is 331 g/mol. The van der Waals surface area contributed by atoms with Crippen molar-refractivity contribution in [3.05, 3.63) is 40.5 Å². The Labute approximate surface area is 145 Å². The molecule has 0 amide bonds. The summed E-state index contributed by atoms with van der Waals surface area (Å²) in [6.45, 7) is 4.18. The summed E-state index contributed by atoms with van der Waals surface area (Å²) in [5.41, 5.74) is 2.96. The summed E-state index contributed by atoms with van der Waals surface area (Å²) in [7, 11) is 2.17. The molecule has 4 rings (SSSR count). The number of anilines is 1. The molecule has 1 aliphatic rings. The van der Waals surface area contributed by atoms with Crippen LogP contribution < -0.4 is 4.90 Å². The minimum Gasteiger partial charge on any atom is -0.354 e. The van der Waals surface area contributed by atoms with Gasteiger partial charge in [-0.3, -0.25) is 0 Å². The van der Waals surface area contributed by atoms with Crippen molar-refractivity contribution in [2.45, 2.75) is 6.42 Å². The zero-order valence-electron chi connectivity index (χ0n) is 13.0. The van der Waals surface area contributed by atoms with Crippen molar-refractivity contribution in [2.24, 2.45) is 0 Å². The summed E-state index contributed by atoms with van der Waals surface area (Å²) in [4.78, 5) is 9.66. The number of halogens is 2. The second kappa shape index (κ2) is 5.86. The Hall–Kier alpha value is -1.49. The van der Waals surface area contributed by atoms with Crippen molar-refractivity contribution >= 4 is 45.6 Å². The van der Waals surface area contributed by atoms with Gasteiger partial charge in [-0.05, 0) is 44.3 Å². The number of aromatic nitrogens is 2. The van der Waals surface area contributed by atoms with Crippen molar-refractivity contribution in [1.29, 1.82) is 0 Å². The molecule has 0 aliphatic carbocycles. The molecule has 1 fully saturated rings. The van der Waals surface area contributed by atoms with Crippen molar-refractivity contribution in [3.63, 3.8) is 0 Å². The Balaban J connectivity index is 1.91. The van der Waals surface area contributed by atoms with E-state index in [-0.39, 0.29) is 0 Å². The number of fused-ring (bicyclic) bond motifs is 3. The van der Waals surface area contributed by atoms with Crippen LogP contribution in [0.2, 0.25) is 10.0 Å². The summed E-state index contributed by atoms with van der Waals surface area (Å²) in [6, 6.07) is 7.90. The van der Waals surface area contributed by atoms with Gasteiger partial charge in [0.2, 0.25) is 0 Å². The smallest absolute Gasteiger partial charge is 0.153 e. The standard InChI is InChI=1S/C17H18Cl2N4/c1-21-5-3-6-22(9-8-21)17-15-4-2-7-23(15)16-11-13(19)12(18)10-14(16)20-17/h2,4,7,10-11H,3,5-6,8-9H2,1H3. The first-order valence-electron chi connectivity index (χ1n) is 7.83. The van der Waals surface area contributed by atoms with E-state index < -0.39 is 0 Å². The summed E-state index contributed by atoms with van der Waals surface area (Å²) in [5, 5.41) is 1.10. The van der Waals surface area contributed by atoms with Gasteiger partial charge in [-0.25, -0.2) is 4.98 Å². The van der Waals surface area contributed by atoms with Crippen molar-refractivity contribution < 1.29 is 0 Å². The molecule has 1 aliphatic heterocycles. The molecule has 0 saturated carbocycles. The van der Waals surface area contributed by atoms with Crippen LogP contribution in [-0.2, 0) is 0 Å². The van der Waals surface area contributed by atoms with E-state index in [2.05, 4.69) is 33.5 Å². The number of hydrogen-bond donors (Lipinski definition) is 0. The summed E-state index contributed by atoms with van der Waals surface area (Å²) >= 11 is 12.4. The van der Waals surface area contributed by atoms with Crippen molar-refractivity contribution in [1.82, 2.24) is 14.3 Å². The third kappa shape index (κ3) is 2.65. The zero-order valence-corrected chi connectivity index (χ0v) is 14.5. The van der Waals surface area contributed by atoms with E-state index in [1.807, 2.05) is 18.2 Å². The Morgan fingerprint density at radius 1 is 1.00 bits per heavy atom. The van der Waals surface area contributed by atoms with Crippen LogP contribution in [0.1, 0.15) is 6.42 Å². The summed E-state index contributed by atoms with van der Waals surface area (Å²) < 4.78 is 2.15. The normalized spacial score (nSPS) is 17.1. The second-order valence-electron chi connectivity index (χ2n) is 6.10. The molecule has 3 heterocycles. The molecule has 0 atom stereocenters. The molecule has 6 heteroatoms. The highest BCUT2D eigenvalue weighted by atomic mass is 35.5. The van der Waals surface area contributed by atoms with Crippen molar-refractivity contribution in [3.8, 4) is 0 Å². The average Bonchev–Trinajstić information content (AvgIpc) is 2.92. The fourth-order valence-electron chi connectivity index (χ4n) is 3.24. The van der Waals surface area contributed by atoms with Crippen LogP contribution in [0.4, 0.5) is 5.82 Å². The lowest BCUT2D eigenvalue weighted by atomic mass is 10.2. The lowest BCUT2D eigenvalue weighted by Crippen LogP contribution is -2.29. The molecule has 2 aromatic heterocycles. The molecule has 120 valence electrons. The molecule has 0 N–H and O–H groups in total. The fraction of sp³-hybridized carbons (Fsp3) is 0.353. The van der Waals surface area contributed by atoms with Gasteiger partial charge in [0, 0.05) is 25.8 Å². The first kappa shape index (κ1) is 15.1. The van der Waals surface area contributed by atoms with Gasteiger partial charge in [0.15, 0.2) is 5.82 Å². The minimum atomic E-state index is 0.541. The SMILES string of the molecule is CN1CCCN(c2nc3cc(Cl)c(Cl)cc3n3cccc23)CC1. The van der Waals surface area contributed by atoms with Gasteiger partial charge in [0.05, 0.1) is 26.6 Å². The molecule has 0 bridgehead atoms. The molecule has 23 heavy (non-hydrogen) atoms. The van der Waals surface area contributed by atoms with Crippen LogP contribution >= 0.6 is 23.2 Å². The largest absolute Gasteiger partial charge is 0.354 e. The van der Waals surface area contributed by atoms with E-state index in [1.54, 1.807) is 0 Å². The molecule has 0 unspecified atom stereocenters. The fourth-order valence-corrected chi connectivity index (χ4v) is 3.56. The van der Waals surface area contributed by atoms with Crippen LogP contribution in [-0.4, -0.2) is 47.5 Å². The third-order valence-corrected chi connectivity index (χ3v) is 5.22. The minimum absolute atomic E-state index is 0.541. The number of benzene rings is 1. The lowest BCUT2D eigenvalue weighted by molar-refractivity contribution is 0.360. The molecule has 1 saturated heterocycles. The maximum atomic E-state index is 6.19. The molecule has 0 spiro atoms. The number of hydrogen-bond acceptors (Lipinski definition) is 3. The third-order valence-electron chi connectivity index (χ3n) is 4.50. The van der Waals surface area contributed by atoms with Crippen LogP contribution in [0.15, 0.2) is 30.5 Å². The van der Waals surface area contributed by atoms with Gasteiger partial charge in [-0.2, -0.15) is 0 Å². The highest BCUT2D eigenvalue weighted by molar-refractivity contribution is 6.42. The van der Waals surface area contributed by atoms with E-state index in [0.29, 0.717) is 10.0 Å². The lowest BCUT2D eigenvalue weighted by Gasteiger charge is -2.23.